The summed E-state index contributed by atoms with van der Waals surface area (Å²) in [6.45, 7) is 5.41. The normalized spacial score (nSPS) is 19.1. The van der Waals surface area contributed by atoms with E-state index < -0.39 is 17.8 Å². The van der Waals surface area contributed by atoms with Crippen molar-refractivity contribution < 1.29 is 19.0 Å². The minimum absolute atomic E-state index is 0.0306. The minimum Gasteiger partial charge on any atom is -0.508 e. The molecular formula is C32H32FN7O3. The summed E-state index contributed by atoms with van der Waals surface area (Å²) >= 11 is 0. The third-order valence-corrected chi connectivity index (χ3v) is 8.32. The predicted octanol–water partition coefficient (Wildman–Crippen LogP) is 4.44. The molecule has 4 heterocycles. The molecule has 43 heavy (non-hydrogen) atoms. The molecule has 2 aromatic heterocycles. The first kappa shape index (κ1) is 28.3. The molecule has 0 saturated carbocycles. The number of aromatic hydroxyl groups is 1. The third-order valence-electron chi connectivity index (χ3n) is 8.32. The molecule has 0 unspecified atom stereocenters. The number of nitrogens with zero attached hydrogens (tertiary/aromatic N) is 7. The van der Waals surface area contributed by atoms with Crippen LogP contribution in [0.3, 0.4) is 0 Å². The molecule has 2 aliphatic heterocycles. The number of aromatic nitrogens is 3. The van der Waals surface area contributed by atoms with Crippen LogP contribution < -0.4 is 9.64 Å². The van der Waals surface area contributed by atoms with Gasteiger partial charge in [-0.15, -0.1) is 0 Å². The van der Waals surface area contributed by atoms with E-state index in [1.165, 1.54) is 4.90 Å². The summed E-state index contributed by atoms with van der Waals surface area (Å²) in [5.74, 6) is -1.15. The van der Waals surface area contributed by atoms with Crippen LogP contribution in [0.15, 0.2) is 60.9 Å². The second-order valence-corrected chi connectivity index (χ2v) is 11.1. The largest absolute Gasteiger partial charge is 0.508 e. The van der Waals surface area contributed by atoms with Crippen LogP contribution in [0.25, 0.3) is 33.1 Å². The number of ether oxygens (including phenoxy) is 1. The lowest BCUT2D eigenvalue weighted by molar-refractivity contribution is -0.131. The van der Waals surface area contributed by atoms with E-state index in [1.54, 1.807) is 12.1 Å². The topological polar surface area (TPSA) is 119 Å². The van der Waals surface area contributed by atoms with E-state index in [1.807, 2.05) is 41.3 Å². The molecule has 2 saturated heterocycles. The lowest BCUT2D eigenvalue weighted by Gasteiger charge is -2.41. The predicted molar refractivity (Wildman–Crippen MR) is 161 cm³/mol. The zero-order valence-corrected chi connectivity index (χ0v) is 23.9. The maximum Gasteiger partial charge on any atom is 0.320 e. The van der Waals surface area contributed by atoms with Crippen molar-refractivity contribution in [2.24, 2.45) is 0 Å². The summed E-state index contributed by atoms with van der Waals surface area (Å²) in [5, 5.41) is 22.4. The van der Waals surface area contributed by atoms with Crippen LogP contribution in [0, 0.1) is 11.3 Å². The first-order valence-electron chi connectivity index (χ1n) is 14.3. The summed E-state index contributed by atoms with van der Waals surface area (Å²) < 4.78 is 19.9. The SMILES string of the molecule is C=C(F)C(=O)N1CCN(c2nc(OC[C@@H]3CCCN3C)nc3nc(-c4cc(O)cc5ccccc45)ccc23)C[C@@H]1CC#N. The van der Waals surface area contributed by atoms with Crippen molar-refractivity contribution in [1.82, 2.24) is 24.8 Å². The number of pyridine rings is 1. The van der Waals surface area contributed by atoms with Crippen LogP contribution in [0.5, 0.6) is 11.8 Å². The van der Waals surface area contributed by atoms with E-state index in [-0.39, 0.29) is 37.3 Å². The van der Waals surface area contributed by atoms with Crippen molar-refractivity contribution in [3.63, 3.8) is 0 Å². The Morgan fingerprint density at radius 1 is 1.12 bits per heavy atom. The lowest BCUT2D eigenvalue weighted by Crippen LogP contribution is -2.55. The van der Waals surface area contributed by atoms with Crippen LogP contribution in [0.1, 0.15) is 19.3 Å². The van der Waals surface area contributed by atoms with Gasteiger partial charge in [-0.2, -0.15) is 15.2 Å². The number of hydrogen-bond donors (Lipinski definition) is 1. The molecule has 11 heteroatoms. The average molecular weight is 582 g/mol. The van der Waals surface area contributed by atoms with Gasteiger partial charge in [0.1, 0.15) is 18.2 Å². The number of carbonyl (C=O) groups excluding carboxylic acids is 1. The zero-order valence-electron chi connectivity index (χ0n) is 23.9. The van der Waals surface area contributed by atoms with Crippen molar-refractivity contribution in [1.29, 1.82) is 5.26 Å². The fraction of sp³-hybridized carbons (Fsp3) is 0.344. The molecule has 220 valence electrons. The third kappa shape index (κ3) is 5.66. The number of likely N-dealkylation sites (tertiary alicyclic amines) is 1. The van der Waals surface area contributed by atoms with Crippen molar-refractivity contribution in [3.05, 3.63) is 60.9 Å². The van der Waals surface area contributed by atoms with Gasteiger partial charge in [-0.05, 0) is 61.5 Å². The summed E-state index contributed by atoms with van der Waals surface area (Å²) in [6, 6.07) is 16.9. The van der Waals surface area contributed by atoms with Gasteiger partial charge >= 0.3 is 6.01 Å². The number of phenolic OH excluding ortho intramolecular Hbond substituents is 1. The fourth-order valence-corrected chi connectivity index (χ4v) is 6.05. The Labute approximate surface area is 248 Å². The molecule has 4 aromatic rings. The summed E-state index contributed by atoms with van der Waals surface area (Å²) in [5.41, 5.74) is 1.81. The minimum atomic E-state index is -1.05. The average Bonchev–Trinajstić information content (AvgIpc) is 3.42. The number of amides is 1. The Balaban J connectivity index is 1.41. The highest BCUT2D eigenvalue weighted by Gasteiger charge is 2.33. The monoisotopic (exact) mass is 581 g/mol. The molecule has 2 aliphatic rings. The number of piperazine rings is 1. The number of hydrogen-bond acceptors (Lipinski definition) is 9. The Morgan fingerprint density at radius 2 is 1.95 bits per heavy atom. The first-order valence-corrected chi connectivity index (χ1v) is 14.3. The molecule has 1 N–H and O–H groups in total. The molecule has 0 radical (unpaired) electrons. The van der Waals surface area contributed by atoms with E-state index >= 15 is 0 Å². The first-order chi connectivity index (χ1) is 20.8. The van der Waals surface area contributed by atoms with E-state index in [0.29, 0.717) is 35.7 Å². The second kappa shape index (κ2) is 11.8. The highest BCUT2D eigenvalue weighted by atomic mass is 19.1. The van der Waals surface area contributed by atoms with Gasteiger partial charge in [0.05, 0.1) is 29.6 Å². The summed E-state index contributed by atoms with van der Waals surface area (Å²) in [7, 11) is 2.07. The number of phenols is 1. The second-order valence-electron chi connectivity index (χ2n) is 11.1. The van der Waals surface area contributed by atoms with Crippen LogP contribution in [0.4, 0.5) is 10.2 Å². The molecule has 10 nitrogen and oxygen atoms in total. The maximum atomic E-state index is 13.8. The quantitative estimate of drug-likeness (QED) is 0.316. The molecule has 1 amide bonds. The molecule has 0 aliphatic carbocycles. The van der Waals surface area contributed by atoms with Gasteiger partial charge in [-0.1, -0.05) is 30.8 Å². The number of benzene rings is 2. The Hall–Kier alpha value is -4.82. The number of carbonyl (C=O) groups is 1. The Morgan fingerprint density at radius 3 is 2.72 bits per heavy atom. The molecule has 0 spiro atoms. The molecule has 2 atom stereocenters. The number of nitriles is 1. The number of rotatable bonds is 7. The van der Waals surface area contributed by atoms with Crippen molar-refractivity contribution in [2.75, 3.05) is 44.7 Å². The lowest BCUT2D eigenvalue weighted by atomic mass is 10.0. The van der Waals surface area contributed by atoms with Crippen molar-refractivity contribution in [3.8, 4) is 29.1 Å². The Kier molecular flexibility index (Phi) is 7.78. The smallest absolute Gasteiger partial charge is 0.320 e. The highest BCUT2D eigenvalue weighted by molar-refractivity contribution is 5.98. The fourth-order valence-electron chi connectivity index (χ4n) is 6.05. The van der Waals surface area contributed by atoms with Gasteiger partial charge in [0, 0.05) is 31.2 Å². The standard InChI is InChI=1S/C32H32FN7O3/c1-20(33)31(42)40-15-14-39(18-22(40)11-12-34)30-26-9-10-28(27-17-24(41)16-21-6-3-4-8-25(21)27)35-29(26)36-32(37-30)43-19-23-7-5-13-38(23)2/h3-4,6,8-10,16-17,22-23,41H,1,5,7,11,13-15,18-19H2,2H3/t22-,23-/m0/s1. The Bertz CT molecular complexity index is 1760. The van der Waals surface area contributed by atoms with E-state index in [0.717, 1.165) is 35.7 Å². The van der Waals surface area contributed by atoms with Crippen LogP contribution in [-0.4, -0.2) is 87.7 Å². The number of fused-ring (bicyclic) bond motifs is 2. The van der Waals surface area contributed by atoms with Crippen LogP contribution in [-0.2, 0) is 4.79 Å². The van der Waals surface area contributed by atoms with Crippen molar-refractivity contribution >= 4 is 33.5 Å². The number of halogens is 1. The summed E-state index contributed by atoms with van der Waals surface area (Å²) in [4.78, 5) is 32.5. The van der Waals surface area contributed by atoms with Gasteiger partial charge in [0.2, 0.25) is 0 Å². The van der Waals surface area contributed by atoms with Gasteiger partial charge < -0.3 is 24.5 Å². The van der Waals surface area contributed by atoms with E-state index in [9.17, 15) is 19.6 Å². The molecule has 2 aromatic carbocycles. The van der Waals surface area contributed by atoms with Crippen LogP contribution >= 0.6 is 0 Å². The van der Waals surface area contributed by atoms with Crippen LogP contribution in [0.2, 0.25) is 0 Å². The molecular weight excluding hydrogens is 549 g/mol. The molecule has 2 fully saturated rings. The number of anilines is 1. The van der Waals surface area contributed by atoms with E-state index in [4.69, 9.17) is 19.7 Å². The molecule has 6 rings (SSSR count). The summed E-state index contributed by atoms with van der Waals surface area (Å²) in [6.07, 6.45) is 2.16. The highest BCUT2D eigenvalue weighted by Crippen LogP contribution is 2.35. The molecule has 0 bridgehead atoms. The van der Waals surface area contributed by atoms with Crippen molar-refractivity contribution in [2.45, 2.75) is 31.3 Å². The zero-order chi connectivity index (χ0) is 30.1. The van der Waals surface area contributed by atoms with Gasteiger partial charge in [-0.3, -0.25) is 4.79 Å². The van der Waals surface area contributed by atoms with Gasteiger partial charge in [0.25, 0.3) is 5.91 Å². The maximum absolute atomic E-state index is 13.8. The number of likely N-dealkylation sites (N-methyl/N-ethyl adjacent to an activating group) is 1. The van der Waals surface area contributed by atoms with Gasteiger partial charge in [0.15, 0.2) is 11.5 Å². The van der Waals surface area contributed by atoms with Gasteiger partial charge in [-0.25, -0.2) is 9.37 Å². The van der Waals surface area contributed by atoms with E-state index in [2.05, 4.69) is 24.6 Å².